The number of hydrogen-bond acceptors (Lipinski definition) is 3. The molecule has 98 valence electrons. The van der Waals surface area contributed by atoms with Crippen LogP contribution in [0.25, 0.3) is 0 Å². The zero-order chi connectivity index (χ0) is 13.5. The van der Waals surface area contributed by atoms with Crippen molar-refractivity contribution in [3.8, 4) is 11.8 Å². The first-order valence-electron chi connectivity index (χ1n) is 6.23. The van der Waals surface area contributed by atoms with Gasteiger partial charge in [0.05, 0.1) is 16.3 Å². The van der Waals surface area contributed by atoms with Gasteiger partial charge >= 0.3 is 0 Å². The fourth-order valence-electron chi connectivity index (χ4n) is 1.68. The highest BCUT2D eigenvalue weighted by Crippen LogP contribution is 2.19. The summed E-state index contributed by atoms with van der Waals surface area (Å²) < 4.78 is 0. The maximum absolute atomic E-state index is 12.3. The number of carbonyl (C=O) groups excluding carboxylic acids is 1. The molecule has 3 nitrogen and oxygen atoms in total. The second-order valence-electron chi connectivity index (χ2n) is 4.02. The van der Waals surface area contributed by atoms with Crippen LogP contribution in [0, 0.1) is 11.8 Å². The number of thiophene rings is 1. The molecular weight excluding hydrogens is 244 g/mol. The summed E-state index contributed by atoms with van der Waals surface area (Å²) in [7, 11) is 0. The summed E-state index contributed by atoms with van der Waals surface area (Å²) >= 11 is 1.43. The van der Waals surface area contributed by atoms with Gasteiger partial charge in [0.25, 0.3) is 5.91 Å². The molecule has 1 unspecified atom stereocenters. The lowest BCUT2D eigenvalue weighted by Gasteiger charge is -2.26. The van der Waals surface area contributed by atoms with E-state index >= 15 is 0 Å². The number of nitrogens with zero attached hydrogens (tertiary/aromatic N) is 1. The lowest BCUT2D eigenvalue weighted by atomic mass is 10.2. The first-order valence-corrected chi connectivity index (χ1v) is 7.05. The molecule has 2 N–H and O–H groups in total. The Hall–Kier alpha value is -1.31. The minimum absolute atomic E-state index is 0.0950. The van der Waals surface area contributed by atoms with E-state index in [9.17, 15) is 4.79 Å². The molecule has 0 aromatic carbocycles. The monoisotopic (exact) mass is 264 g/mol. The Bertz CT molecular complexity index is 456. The Labute approximate surface area is 113 Å². The molecule has 0 radical (unpaired) electrons. The van der Waals surface area contributed by atoms with Crippen LogP contribution in [0.1, 0.15) is 41.7 Å². The molecule has 1 heterocycles. The highest BCUT2D eigenvalue weighted by atomic mass is 32.1. The van der Waals surface area contributed by atoms with E-state index in [1.807, 2.05) is 24.0 Å². The largest absolute Gasteiger partial charge is 0.336 e. The standard InChI is InChI=1S/C14H20N2OS/c1-4-11(3)16(5-2)14(17)13-9-8-12(18-13)7-6-10-15/h8-9,11H,4-5,10,15H2,1-3H3. The fraction of sp³-hybridized carbons (Fsp3) is 0.500. The van der Waals surface area contributed by atoms with Crippen molar-refractivity contribution in [1.29, 1.82) is 0 Å². The Morgan fingerprint density at radius 2 is 2.22 bits per heavy atom. The molecular formula is C14H20N2OS. The van der Waals surface area contributed by atoms with Crippen molar-refractivity contribution >= 4 is 17.2 Å². The average Bonchev–Trinajstić information content (AvgIpc) is 2.85. The van der Waals surface area contributed by atoms with Crippen molar-refractivity contribution in [3.05, 3.63) is 21.9 Å². The molecule has 1 amide bonds. The lowest BCUT2D eigenvalue weighted by molar-refractivity contribution is 0.0705. The lowest BCUT2D eigenvalue weighted by Crippen LogP contribution is -2.37. The minimum atomic E-state index is 0.0950. The summed E-state index contributed by atoms with van der Waals surface area (Å²) in [5.74, 6) is 5.84. The molecule has 0 spiro atoms. The second-order valence-corrected chi connectivity index (χ2v) is 5.10. The van der Waals surface area contributed by atoms with E-state index in [2.05, 4.69) is 25.7 Å². The number of rotatable bonds is 4. The number of carbonyl (C=O) groups is 1. The molecule has 0 saturated carbocycles. The topological polar surface area (TPSA) is 46.3 Å². The van der Waals surface area contributed by atoms with Gasteiger partial charge in [0.1, 0.15) is 0 Å². The first-order chi connectivity index (χ1) is 8.63. The number of amides is 1. The third kappa shape index (κ3) is 3.59. The van der Waals surface area contributed by atoms with Crippen molar-refractivity contribution in [2.24, 2.45) is 5.73 Å². The van der Waals surface area contributed by atoms with Gasteiger partial charge in [-0.2, -0.15) is 0 Å². The average molecular weight is 264 g/mol. The maximum atomic E-state index is 12.3. The molecule has 0 aliphatic heterocycles. The van der Waals surface area contributed by atoms with Crippen LogP contribution in [0.4, 0.5) is 0 Å². The fourth-order valence-corrected chi connectivity index (χ4v) is 2.51. The third-order valence-corrected chi connectivity index (χ3v) is 3.84. The molecule has 1 atom stereocenters. The summed E-state index contributed by atoms with van der Waals surface area (Å²) in [5, 5.41) is 0. The molecule has 0 bridgehead atoms. The molecule has 1 aromatic heterocycles. The van der Waals surface area contributed by atoms with Crippen molar-refractivity contribution < 1.29 is 4.79 Å². The van der Waals surface area contributed by atoms with E-state index < -0.39 is 0 Å². The molecule has 0 aliphatic carbocycles. The van der Waals surface area contributed by atoms with E-state index in [-0.39, 0.29) is 11.9 Å². The predicted molar refractivity (Wildman–Crippen MR) is 76.7 cm³/mol. The summed E-state index contributed by atoms with van der Waals surface area (Å²) in [6.45, 7) is 7.24. The smallest absolute Gasteiger partial charge is 0.264 e. The van der Waals surface area contributed by atoms with Crippen molar-refractivity contribution in [3.63, 3.8) is 0 Å². The summed E-state index contributed by atoms with van der Waals surface area (Å²) in [4.78, 5) is 15.9. The zero-order valence-electron chi connectivity index (χ0n) is 11.2. The number of nitrogens with two attached hydrogens (primary N) is 1. The van der Waals surface area contributed by atoms with Gasteiger partial charge in [0, 0.05) is 12.6 Å². The molecule has 18 heavy (non-hydrogen) atoms. The second kappa shape index (κ2) is 7.20. The van der Waals surface area contributed by atoms with Crippen LogP contribution in [-0.4, -0.2) is 29.9 Å². The van der Waals surface area contributed by atoms with Gasteiger partial charge in [-0.15, -0.1) is 11.3 Å². The van der Waals surface area contributed by atoms with Crippen molar-refractivity contribution in [1.82, 2.24) is 4.90 Å². The Morgan fingerprint density at radius 3 is 2.78 bits per heavy atom. The quantitative estimate of drug-likeness (QED) is 0.848. The zero-order valence-corrected chi connectivity index (χ0v) is 12.0. The minimum Gasteiger partial charge on any atom is -0.336 e. The highest BCUT2D eigenvalue weighted by Gasteiger charge is 2.19. The van der Waals surface area contributed by atoms with Crippen LogP contribution in [0.3, 0.4) is 0 Å². The van der Waals surface area contributed by atoms with Gasteiger partial charge in [0.2, 0.25) is 0 Å². The Kier molecular flexibility index (Phi) is 5.90. The Balaban J connectivity index is 2.86. The molecule has 0 fully saturated rings. The first kappa shape index (κ1) is 14.7. The van der Waals surface area contributed by atoms with E-state index in [1.54, 1.807) is 0 Å². The third-order valence-electron chi connectivity index (χ3n) is 2.85. The Morgan fingerprint density at radius 1 is 1.50 bits per heavy atom. The number of hydrogen-bond donors (Lipinski definition) is 1. The van der Waals surface area contributed by atoms with Gasteiger partial charge in [-0.1, -0.05) is 18.8 Å². The van der Waals surface area contributed by atoms with E-state index in [4.69, 9.17) is 5.73 Å². The van der Waals surface area contributed by atoms with Gasteiger partial charge in [-0.05, 0) is 32.4 Å². The molecule has 0 saturated heterocycles. The predicted octanol–water partition coefficient (Wildman–Crippen LogP) is 2.32. The van der Waals surface area contributed by atoms with Crippen LogP contribution < -0.4 is 5.73 Å². The molecule has 0 aliphatic rings. The SMILES string of the molecule is CCC(C)N(CC)C(=O)c1ccc(C#CCN)s1. The van der Waals surface area contributed by atoms with Gasteiger partial charge < -0.3 is 10.6 Å². The molecule has 4 heteroatoms. The van der Waals surface area contributed by atoms with Crippen LogP contribution in [0.2, 0.25) is 0 Å². The summed E-state index contributed by atoms with van der Waals surface area (Å²) in [5.41, 5.74) is 5.33. The normalized spacial score (nSPS) is 11.6. The van der Waals surface area contributed by atoms with Crippen LogP contribution >= 0.6 is 11.3 Å². The molecule has 1 aromatic rings. The van der Waals surface area contributed by atoms with Crippen LogP contribution in [0.15, 0.2) is 12.1 Å². The maximum Gasteiger partial charge on any atom is 0.264 e. The van der Waals surface area contributed by atoms with E-state index in [1.165, 1.54) is 11.3 Å². The van der Waals surface area contributed by atoms with Gasteiger partial charge in [-0.3, -0.25) is 4.79 Å². The van der Waals surface area contributed by atoms with E-state index in [0.29, 0.717) is 6.54 Å². The summed E-state index contributed by atoms with van der Waals surface area (Å²) in [6, 6.07) is 3.99. The van der Waals surface area contributed by atoms with Crippen LogP contribution in [0.5, 0.6) is 0 Å². The molecule has 1 rings (SSSR count). The van der Waals surface area contributed by atoms with Gasteiger partial charge in [-0.25, -0.2) is 0 Å². The summed E-state index contributed by atoms with van der Waals surface area (Å²) in [6.07, 6.45) is 0.963. The van der Waals surface area contributed by atoms with Crippen molar-refractivity contribution in [2.75, 3.05) is 13.1 Å². The van der Waals surface area contributed by atoms with Crippen molar-refractivity contribution in [2.45, 2.75) is 33.2 Å². The van der Waals surface area contributed by atoms with Crippen LogP contribution in [-0.2, 0) is 0 Å². The van der Waals surface area contributed by atoms with E-state index in [0.717, 1.165) is 22.7 Å². The highest BCUT2D eigenvalue weighted by molar-refractivity contribution is 7.14. The van der Waals surface area contributed by atoms with Gasteiger partial charge in [0.15, 0.2) is 0 Å².